The number of anilines is 1. The molecule has 2 amide bonds. The van der Waals surface area contributed by atoms with Gasteiger partial charge in [-0.15, -0.1) is 0 Å². The number of alkyl halides is 3. The third-order valence-electron chi connectivity index (χ3n) is 3.64. The summed E-state index contributed by atoms with van der Waals surface area (Å²) < 4.78 is 39.1. The Balaban J connectivity index is 2.06. The minimum atomic E-state index is -4.53. The summed E-state index contributed by atoms with van der Waals surface area (Å²) in [6, 6.07) is 4.96. The fraction of sp³-hybridized carbons (Fsp3) is 0.385. The van der Waals surface area contributed by atoms with Crippen LogP contribution in [0.1, 0.15) is 18.4 Å². The third kappa shape index (κ3) is 1.85. The fourth-order valence-corrected chi connectivity index (χ4v) is 2.79. The first-order valence-electron chi connectivity index (χ1n) is 6.17. The summed E-state index contributed by atoms with van der Waals surface area (Å²) in [4.78, 5) is 26.0. The second-order valence-corrected chi connectivity index (χ2v) is 4.82. The van der Waals surface area contributed by atoms with E-state index < -0.39 is 23.8 Å². The summed E-state index contributed by atoms with van der Waals surface area (Å²) in [6.07, 6.45) is -4.48. The van der Waals surface area contributed by atoms with Crippen LogP contribution in [0.3, 0.4) is 0 Å². The molecule has 2 aliphatic heterocycles. The molecule has 0 aliphatic carbocycles. The number of fused-ring (bicyclic) bond motifs is 1. The van der Waals surface area contributed by atoms with Gasteiger partial charge in [0.1, 0.15) is 12.7 Å². The zero-order valence-corrected chi connectivity index (χ0v) is 10.4. The molecule has 1 aromatic rings. The van der Waals surface area contributed by atoms with Gasteiger partial charge in [0.2, 0.25) is 11.8 Å². The summed E-state index contributed by atoms with van der Waals surface area (Å²) in [5, 5.41) is 0. The zero-order chi connectivity index (χ0) is 14.5. The molecule has 1 aromatic carbocycles. The maximum Gasteiger partial charge on any atom is 0.418 e. The van der Waals surface area contributed by atoms with Crippen LogP contribution in [-0.4, -0.2) is 29.4 Å². The molecule has 2 aliphatic rings. The maximum absolute atomic E-state index is 13.0. The molecule has 0 radical (unpaired) electrons. The summed E-state index contributed by atoms with van der Waals surface area (Å²) in [5.41, 5.74) is -1.03. The van der Waals surface area contributed by atoms with Crippen LogP contribution in [0, 0.1) is 0 Å². The maximum atomic E-state index is 13.0. The Morgan fingerprint density at radius 2 is 1.80 bits per heavy atom. The first-order valence-corrected chi connectivity index (χ1v) is 6.17. The molecule has 4 nitrogen and oxygen atoms in total. The lowest BCUT2D eigenvalue weighted by atomic mass is 10.1. The van der Waals surface area contributed by atoms with Crippen LogP contribution in [0.4, 0.5) is 18.9 Å². The normalized spacial score (nSPS) is 22.6. The third-order valence-corrected chi connectivity index (χ3v) is 3.64. The number of carbonyl (C=O) groups excluding carboxylic acids is 2. The Morgan fingerprint density at radius 1 is 1.10 bits per heavy atom. The van der Waals surface area contributed by atoms with Crippen molar-refractivity contribution in [3.05, 3.63) is 29.8 Å². The minimum Gasteiger partial charge on any atom is -0.312 e. The molecule has 1 unspecified atom stereocenters. The number of nitrogens with zero attached hydrogens (tertiary/aromatic N) is 2. The van der Waals surface area contributed by atoms with Gasteiger partial charge < -0.3 is 4.90 Å². The molecule has 0 bridgehead atoms. The van der Waals surface area contributed by atoms with Crippen molar-refractivity contribution in [1.82, 2.24) is 4.90 Å². The van der Waals surface area contributed by atoms with E-state index in [4.69, 9.17) is 0 Å². The standard InChI is InChI=1S/C13H11F3N2O2/c14-13(15,16)8-3-1-2-4-9(8)18-10-5-6-11(19)17(10)7-12(18)20/h1-4,10H,5-7H2. The lowest BCUT2D eigenvalue weighted by Gasteiger charge is -2.26. The lowest BCUT2D eigenvalue weighted by Crippen LogP contribution is -2.37. The number of hydrogen-bond donors (Lipinski definition) is 0. The molecule has 0 N–H and O–H groups in total. The van der Waals surface area contributed by atoms with Crippen molar-refractivity contribution in [3.63, 3.8) is 0 Å². The second-order valence-electron chi connectivity index (χ2n) is 4.82. The minimum absolute atomic E-state index is 0.143. The van der Waals surface area contributed by atoms with Crippen LogP contribution in [0.2, 0.25) is 0 Å². The molecule has 1 atom stereocenters. The highest BCUT2D eigenvalue weighted by Crippen LogP contribution is 2.40. The molecule has 7 heteroatoms. The average Bonchev–Trinajstić information content (AvgIpc) is 2.88. The van der Waals surface area contributed by atoms with E-state index in [0.29, 0.717) is 6.42 Å². The number of hydrogen-bond acceptors (Lipinski definition) is 2. The monoisotopic (exact) mass is 284 g/mol. The van der Waals surface area contributed by atoms with E-state index in [0.717, 1.165) is 11.0 Å². The van der Waals surface area contributed by atoms with Gasteiger partial charge in [-0.05, 0) is 18.6 Å². The van der Waals surface area contributed by atoms with Crippen LogP contribution in [0.25, 0.3) is 0 Å². The van der Waals surface area contributed by atoms with Crippen LogP contribution in [0.5, 0.6) is 0 Å². The predicted octanol–water partition coefficient (Wildman–Crippen LogP) is 2.00. The SMILES string of the molecule is O=C1CCC2N1CC(=O)N2c1ccccc1C(F)(F)F. The van der Waals surface area contributed by atoms with Crippen molar-refractivity contribution < 1.29 is 22.8 Å². The van der Waals surface area contributed by atoms with E-state index in [-0.39, 0.29) is 24.6 Å². The van der Waals surface area contributed by atoms with Gasteiger partial charge in [0.25, 0.3) is 0 Å². The van der Waals surface area contributed by atoms with Crippen LogP contribution in [0.15, 0.2) is 24.3 Å². The van der Waals surface area contributed by atoms with E-state index >= 15 is 0 Å². The topological polar surface area (TPSA) is 40.6 Å². The largest absolute Gasteiger partial charge is 0.418 e. The van der Waals surface area contributed by atoms with Gasteiger partial charge in [-0.1, -0.05) is 12.1 Å². The highest BCUT2D eigenvalue weighted by molar-refractivity contribution is 6.02. The first-order chi connectivity index (χ1) is 9.39. The van der Waals surface area contributed by atoms with Crippen molar-refractivity contribution in [2.45, 2.75) is 25.2 Å². The highest BCUT2D eigenvalue weighted by Gasteiger charge is 2.47. The Bertz CT molecular complexity index is 585. The van der Waals surface area contributed by atoms with Crippen molar-refractivity contribution >= 4 is 17.5 Å². The van der Waals surface area contributed by atoms with E-state index in [9.17, 15) is 22.8 Å². The first kappa shape index (κ1) is 13.0. The molecule has 0 saturated carbocycles. The number of benzene rings is 1. The van der Waals surface area contributed by atoms with Gasteiger partial charge in [0, 0.05) is 6.42 Å². The van der Waals surface area contributed by atoms with Gasteiger partial charge in [0.15, 0.2) is 0 Å². The van der Waals surface area contributed by atoms with E-state index in [1.807, 2.05) is 0 Å². The summed E-state index contributed by atoms with van der Waals surface area (Å²) in [6.45, 7) is -0.143. The Hall–Kier alpha value is -2.05. The van der Waals surface area contributed by atoms with E-state index in [2.05, 4.69) is 0 Å². The van der Waals surface area contributed by atoms with Crippen LogP contribution >= 0.6 is 0 Å². The molecular weight excluding hydrogens is 273 g/mol. The van der Waals surface area contributed by atoms with Crippen molar-refractivity contribution in [1.29, 1.82) is 0 Å². The van der Waals surface area contributed by atoms with Crippen LogP contribution in [-0.2, 0) is 15.8 Å². The van der Waals surface area contributed by atoms with Gasteiger partial charge in [0.05, 0.1) is 11.3 Å². The molecule has 0 spiro atoms. The smallest absolute Gasteiger partial charge is 0.312 e. The van der Waals surface area contributed by atoms with Gasteiger partial charge in [-0.2, -0.15) is 13.2 Å². The fourth-order valence-electron chi connectivity index (χ4n) is 2.79. The number of halogens is 3. The molecule has 20 heavy (non-hydrogen) atoms. The van der Waals surface area contributed by atoms with E-state index in [1.165, 1.54) is 23.1 Å². The molecule has 0 aromatic heterocycles. The van der Waals surface area contributed by atoms with Gasteiger partial charge in [-0.3, -0.25) is 14.5 Å². The summed E-state index contributed by atoms with van der Waals surface area (Å²) >= 11 is 0. The zero-order valence-electron chi connectivity index (χ0n) is 10.4. The van der Waals surface area contributed by atoms with Crippen LogP contribution < -0.4 is 4.90 Å². The number of para-hydroxylation sites is 1. The molecule has 3 rings (SSSR count). The number of amides is 2. The summed E-state index contributed by atoms with van der Waals surface area (Å²) in [5.74, 6) is -0.657. The van der Waals surface area contributed by atoms with Gasteiger partial charge >= 0.3 is 6.18 Å². The number of rotatable bonds is 1. The predicted molar refractivity (Wildman–Crippen MR) is 63.7 cm³/mol. The molecule has 106 valence electrons. The lowest BCUT2D eigenvalue weighted by molar-refractivity contribution is -0.137. The van der Waals surface area contributed by atoms with Crippen molar-refractivity contribution in [2.24, 2.45) is 0 Å². The Kier molecular flexibility index (Phi) is 2.74. The van der Waals surface area contributed by atoms with Gasteiger partial charge in [-0.25, -0.2) is 0 Å². The Labute approximate surface area is 112 Å². The average molecular weight is 284 g/mol. The molecule has 2 fully saturated rings. The van der Waals surface area contributed by atoms with Crippen molar-refractivity contribution in [3.8, 4) is 0 Å². The van der Waals surface area contributed by atoms with Crippen molar-refractivity contribution in [2.75, 3.05) is 11.4 Å². The molecule has 2 saturated heterocycles. The Morgan fingerprint density at radius 3 is 2.50 bits per heavy atom. The molecular formula is C13H11F3N2O2. The van der Waals surface area contributed by atoms with E-state index in [1.54, 1.807) is 0 Å². The quantitative estimate of drug-likeness (QED) is 0.791. The highest BCUT2D eigenvalue weighted by atomic mass is 19.4. The summed E-state index contributed by atoms with van der Waals surface area (Å²) in [7, 11) is 0. The number of carbonyl (C=O) groups is 2. The molecule has 2 heterocycles. The second kappa shape index (κ2) is 4.22.